The van der Waals surface area contributed by atoms with Gasteiger partial charge in [0.1, 0.15) is 6.29 Å². The van der Waals surface area contributed by atoms with Crippen LogP contribution in [0.4, 0.5) is 0 Å². The molecule has 1 amide bonds. The minimum atomic E-state index is -1.00. The summed E-state index contributed by atoms with van der Waals surface area (Å²) in [6.45, 7) is 7.87. The lowest BCUT2D eigenvalue weighted by Crippen LogP contribution is -2.57. The fourth-order valence-corrected chi connectivity index (χ4v) is 5.16. The van der Waals surface area contributed by atoms with Crippen LogP contribution >= 0.6 is 11.6 Å². The number of benzene rings is 2. The highest BCUT2D eigenvalue weighted by Crippen LogP contribution is 2.46. The van der Waals surface area contributed by atoms with Crippen LogP contribution in [0.5, 0.6) is 0 Å². The standard InChI is InChI=1S/C30H38ClN3O4/c1-21(18-34-16-14-30(38,29(2,3)20-34)24-9-11-25(31)12-10-24)26(19-35)32-28(37)23-8-6-7-22(17-23)27(36)13-15-33(4)5/h6-13,15,17,19,21,26,38H,14,16,18,20H2,1-5H3,(H,32,37)/b15-13+/t21-,26?,30-/m0/s1. The first-order valence-electron chi connectivity index (χ1n) is 12.8. The Bertz CT molecular complexity index is 1180. The second-order valence-corrected chi connectivity index (χ2v) is 11.5. The quantitative estimate of drug-likeness (QED) is 0.268. The lowest BCUT2D eigenvalue weighted by Gasteiger charge is -2.51. The first-order valence-corrected chi connectivity index (χ1v) is 13.2. The molecule has 8 heteroatoms. The number of allylic oxidation sites excluding steroid dienone is 1. The Hall–Kier alpha value is -3.00. The van der Waals surface area contributed by atoms with Gasteiger partial charge in [0, 0.05) is 67.6 Å². The van der Waals surface area contributed by atoms with Gasteiger partial charge >= 0.3 is 0 Å². The van der Waals surface area contributed by atoms with Crippen LogP contribution in [0.1, 0.15) is 53.5 Å². The minimum Gasteiger partial charge on any atom is -0.385 e. The molecule has 0 radical (unpaired) electrons. The molecule has 1 saturated heterocycles. The number of rotatable bonds is 10. The number of nitrogens with zero attached hydrogens (tertiary/aromatic N) is 2. The van der Waals surface area contributed by atoms with Crippen molar-refractivity contribution in [3.8, 4) is 0 Å². The highest BCUT2D eigenvalue weighted by atomic mass is 35.5. The van der Waals surface area contributed by atoms with Crippen LogP contribution in [0, 0.1) is 11.3 Å². The fourth-order valence-electron chi connectivity index (χ4n) is 5.04. The molecule has 0 bridgehead atoms. The molecule has 0 spiro atoms. The first-order chi connectivity index (χ1) is 17.9. The number of carbonyl (C=O) groups excluding carboxylic acids is 3. The summed E-state index contributed by atoms with van der Waals surface area (Å²) in [5.41, 5.74) is 0.109. The third kappa shape index (κ3) is 6.90. The Labute approximate surface area is 230 Å². The van der Waals surface area contributed by atoms with Crippen LogP contribution in [0.2, 0.25) is 5.02 Å². The molecule has 2 aromatic rings. The van der Waals surface area contributed by atoms with Gasteiger partial charge in [-0.15, -0.1) is 0 Å². The summed E-state index contributed by atoms with van der Waals surface area (Å²) in [7, 11) is 3.64. The van der Waals surface area contributed by atoms with Gasteiger partial charge in [0.25, 0.3) is 5.91 Å². The Morgan fingerprint density at radius 2 is 1.82 bits per heavy atom. The average molecular weight is 540 g/mol. The summed E-state index contributed by atoms with van der Waals surface area (Å²) in [4.78, 5) is 41.3. The van der Waals surface area contributed by atoms with E-state index in [0.29, 0.717) is 42.2 Å². The predicted octanol–water partition coefficient (Wildman–Crippen LogP) is 4.15. The number of hydrogen-bond acceptors (Lipinski definition) is 6. The summed E-state index contributed by atoms with van der Waals surface area (Å²) in [6, 6.07) is 13.1. The van der Waals surface area contributed by atoms with E-state index in [2.05, 4.69) is 10.2 Å². The van der Waals surface area contributed by atoms with E-state index in [4.69, 9.17) is 11.6 Å². The van der Waals surface area contributed by atoms with Gasteiger partial charge in [-0.2, -0.15) is 0 Å². The number of aliphatic hydroxyl groups is 1. The van der Waals surface area contributed by atoms with E-state index in [0.717, 1.165) is 11.8 Å². The topological polar surface area (TPSA) is 90.0 Å². The van der Waals surface area contributed by atoms with Gasteiger partial charge in [0.05, 0.1) is 11.6 Å². The van der Waals surface area contributed by atoms with Gasteiger partial charge in [-0.05, 0) is 42.2 Å². The Morgan fingerprint density at radius 3 is 2.42 bits per heavy atom. The van der Waals surface area contributed by atoms with Crippen LogP contribution in [0.3, 0.4) is 0 Å². The van der Waals surface area contributed by atoms with Crippen LogP contribution in [-0.4, -0.2) is 72.7 Å². The first kappa shape index (κ1) is 29.6. The highest BCUT2D eigenvalue weighted by Gasteiger charge is 2.48. The van der Waals surface area contributed by atoms with E-state index in [1.807, 2.05) is 47.0 Å². The molecule has 38 heavy (non-hydrogen) atoms. The third-order valence-electron chi connectivity index (χ3n) is 7.39. The molecule has 204 valence electrons. The predicted molar refractivity (Wildman–Crippen MR) is 150 cm³/mol. The summed E-state index contributed by atoms with van der Waals surface area (Å²) in [5.74, 6) is -0.780. The van der Waals surface area contributed by atoms with E-state index < -0.39 is 23.0 Å². The number of ketones is 1. The number of aldehydes is 1. The van der Waals surface area contributed by atoms with Crippen molar-refractivity contribution in [2.24, 2.45) is 11.3 Å². The van der Waals surface area contributed by atoms with Crippen molar-refractivity contribution in [2.45, 2.75) is 38.8 Å². The maximum atomic E-state index is 13.0. The molecular formula is C30H38ClN3O4. The van der Waals surface area contributed by atoms with Crippen molar-refractivity contribution < 1.29 is 19.5 Å². The summed E-state index contributed by atoms with van der Waals surface area (Å²) in [6.07, 6.45) is 4.39. The number of piperidine rings is 1. The normalized spacial score (nSPS) is 21.0. The highest BCUT2D eigenvalue weighted by molar-refractivity contribution is 6.30. The van der Waals surface area contributed by atoms with Crippen molar-refractivity contribution in [1.82, 2.24) is 15.1 Å². The number of carbonyl (C=O) groups is 3. The van der Waals surface area contributed by atoms with Crippen molar-refractivity contribution in [3.05, 3.63) is 82.5 Å². The average Bonchev–Trinajstić information content (AvgIpc) is 2.88. The number of amides is 1. The number of halogens is 1. The van der Waals surface area contributed by atoms with Gasteiger partial charge in [-0.25, -0.2) is 0 Å². The minimum absolute atomic E-state index is 0.165. The van der Waals surface area contributed by atoms with Crippen LogP contribution in [0.15, 0.2) is 60.8 Å². The molecule has 0 aromatic heterocycles. The van der Waals surface area contributed by atoms with Crippen molar-refractivity contribution in [1.29, 1.82) is 0 Å². The summed E-state index contributed by atoms with van der Waals surface area (Å²) in [5, 5.41) is 15.1. The molecular weight excluding hydrogens is 502 g/mol. The third-order valence-corrected chi connectivity index (χ3v) is 7.64. The van der Waals surface area contributed by atoms with E-state index in [1.165, 1.54) is 12.1 Å². The summed E-state index contributed by atoms with van der Waals surface area (Å²) < 4.78 is 0. The Morgan fingerprint density at radius 1 is 1.16 bits per heavy atom. The molecule has 1 unspecified atom stereocenters. The maximum Gasteiger partial charge on any atom is 0.251 e. The molecule has 3 rings (SSSR count). The Balaban J connectivity index is 1.64. The monoisotopic (exact) mass is 539 g/mol. The molecule has 1 heterocycles. The molecule has 2 N–H and O–H groups in total. The molecule has 3 atom stereocenters. The maximum absolute atomic E-state index is 13.0. The van der Waals surface area contributed by atoms with Crippen molar-refractivity contribution in [3.63, 3.8) is 0 Å². The zero-order valence-electron chi connectivity index (χ0n) is 22.8. The van der Waals surface area contributed by atoms with Crippen LogP contribution in [-0.2, 0) is 10.4 Å². The number of nitrogens with one attached hydrogen (secondary N) is 1. The smallest absolute Gasteiger partial charge is 0.251 e. The van der Waals surface area contributed by atoms with Gasteiger partial charge in [0.2, 0.25) is 0 Å². The van der Waals surface area contributed by atoms with Crippen LogP contribution < -0.4 is 5.32 Å². The lowest BCUT2D eigenvalue weighted by molar-refractivity contribution is -0.128. The largest absolute Gasteiger partial charge is 0.385 e. The van der Waals surface area contributed by atoms with Crippen LogP contribution in [0.25, 0.3) is 0 Å². The van der Waals surface area contributed by atoms with E-state index in [-0.39, 0.29) is 11.7 Å². The molecule has 0 aliphatic carbocycles. The lowest BCUT2D eigenvalue weighted by atomic mass is 9.66. The number of likely N-dealkylation sites (tertiary alicyclic amines) is 1. The zero-order chi connectivity index (χ0) is 28.1. The van der Waals surface area contributed by atoms with E-state index in [9.17, 15) is 19.5 Å². The van der Waals surface area contributed by atoms with E-state index >= 15 is 0 Å². The van der Waals surface area contributed by atoms with Gasteiger partial charge in [0.15, 0.2) is 5.78 Å². The molecule has 1 aliphatic rings. The van der Waals surface area contributed by atoms with Gasteiger partial charge in [-0.3, -0.25) is 9.59 Å². The van der Waals surface area contributed by atoms with Gasteiger partial charge in [-0.1, -0.05) is 56.6 Å². The Kier molecular flexibility index (Phi) is 9.52. The fraction of sp³-hybridized carbons (Fsp3) is 0.433. The molecule has 1 fully saturated rings. The second kappa shape index (κ2) is 12.2. The SMILES string of the molecule is C[C@@H](CN1CC[C@](O)(c2ccc(Cl)cc2)C(C)(C)C1)C(C=O)NC(=O)c1cccc(C(=O)/C=C/N(C)C)c1. The molecule has 7 nitrogen and oxygen atoms in total. The van der Waals surface area contributed by atoms with Crippen molar-refractivity contribution >= 4 is 29.6 Å². The molecule has 2 aromatic carbocycles. The molecule has 1 aliphatic heterocycles. The number of hydrogen-bond donors (Lipinski definition) is 2. The van der Waals surface area contributed by atoms with Gasteiger partial charge < -0.3 is 25.0 Å². The van der Waals surface area contributed by atoms with Crippen molar-refractivity contribution in [2.75, 3.05) is 33.7 Å². The zero-order valence-corrected chi connectivity index (χ0v) is 23.5. The van der Waals surface area contributed by atoms with E-state index in [1.54, 1.807) is 41.4 Å². The summed E-state index contributed by atoms with van der Waals surface area (Å²) >= 11 is 6.04. The molecule has 0 saturated carbocycles. The second-order valence-electron chi connectivity index (χ2n) is 11.1.